The average Bonchev–Trinajstić information content (AvgIpc) is 2.32. The molecule has 0 saturated heterocycles. The van der Waals surface area contributed by atoms with Crippen molar-refractivity contribution >= 4 is 11.4 Å². The predicted octanol–water partition coefficient (Wildman–Crippen LogP) is 2.45. The molecule has 1 fully saturated rings. The van der Waals surface area contributed by atoms with Crippen LogP contribution < -0.4 is 5.32 Å². The van der Waals surface area contributed by atoms with Crippen molar-refractivity contribution in [1.82, 2.24) is 0 Å². The van der Waals surface area contributed by atoms with Crippen LogP contribution in [0.4, 0.5) is 15.8 Å². The van der Waals surface area contributed by atoms with E-state index in [1.807, 2.05) is 0 Å². The summed E-state index contributed by atoms with van der Waals surface area (Å²) in [5.74, 6) is -0.833. The van der Waals surface area contributed by atoms with Gasteiger partial charge in [0.1, 0.15) is 5.69 Å². The van der Waals surface area contributed by atoms with Gasteiger partial charge in [-0.2, -0.15) is 4.39 Å². The molecule has 0 heterocycles. The molecule has 0 atom stereocenters. The quantitative estimate of drug-likeness (QED) is 0.641. The van der Waals surface area contributed by atoms with Crippen LogP contribution in [0, 0.1) is 15.9 Å². The largest absolute Gasteiger partial charge is 0.393 e. The van der Waals surface area contributed by atoms with Crippen LogP contribution in [0.5, 0.6) is 0 Å². The Balaban J connectivity index is 2.14. The highest BCUT2D eigenvalue weighted by Crippen LogP contribution is 2.30. The molecule has 0 amide bonds. The number of nitro benzene ring substituents is 1. The number of aliphatic hydroxyl groups excluding tert-OH is 1. The third-order valence-electron chi connectivity index (χ3n) is 3.23. The van der Waals surface area contributed by atoms with E-state index >= 15 is 0 Å². The van der Waals surface area contributed by atoms with E-state index < -0.39 is 16.4 Å². The first kappa shape index (κ1) is 12.8. The maximum absolute atomic E-state index is 13.4. The van der Waals surface area contributed by atoms with E-state index in [9.17, 15) is 19.6 Å². The number of anilines is 1. The van der Waals surface area contributed by atoms with Gasteiger partial charge >= 0.3 is 5.69 Å². The van der Waals surface area contributed by atoms with Crippen molar-refractivity contribution in [3.63, 3.8) is 0 Å². The summed E-state index contributed by atoms with van der Waals surface area (Å²) in [4.78, 5) is 10.1. The molecule has 5 nitrogen and oxygen atoms in total. The summed E-state index contributed by atoms with van der Waals surface area (Å²) in [7, 11) is 0. The molecule has 18 heavy (non-hydrogen) atoms. The number of halogens is 1. The number of para-hydroxylation sites is 1. The first-order valence-electron chi connectivity index (χ1n) is 5.95. The van der Waals surface area contributed by atoms with Gasteiger partial charge in [-0.1, -0.05) is 6.07 Å². The smallest absolute Gasteiger partial charge is 0.327 e. The van der Waals surface area contributed by atoms with Crippen LogP contribution in [0.2, 0.25) is 0 Å². The van der Waals surface area contributed by atoms with Crippen LogP contribution in [0.3, 0.4) is 0 Å². The van der Waals surface area contributed by atoms with Crippen LogP contribution in [0.25, 0.3) is 0 Å². The van der Waals surface area contributed by atoms with Crippen molar-refractivity contribution in [2.75, 3.05) is 5.32 Å². The maximum Gasteiger partial charge on any atom is 0.327 e. The predicted molar refractivity (Wildman–Crippen MR) is 64.9 cm³/mol. The van der Waals surface area contributed by atoms with Gasteiger partial charge in [0, 0.05) is 6.04 Å². The summed E-state index contributed by atoms with van der Waals surface area (Å²) in [5, 5.41) is 23.2. The summed E-state index contributed by atoms with van der Waals surface area (Å²) >= 11 is 0. The molecule has 0 bridgehead atoms. The first-order valence-corrected chi connectivity index (χ1v) is 5.95. The normalized spacial score (nSPS) is 23.7. The van der Waals surface area contributed by atoms with Crippen LogP contribution >= 0.6 is 0 Å². The summed E-state index contributed by atoms with van der Waals surface area (Å²) in [5.41, 5.74) is -0.301. The number of aliphatic hydroxyl groups is 1. The van der Waals surface area contributed by atoms with Crippen molar-refractivity contribution < 1.29 is 14.4 Å². The van der Waals surface area contributed by atoms with E-state index in [0.29, 0.717) is 12.8 Å². The molecule has 1 aliphatic carbocycles. The minimum absolute atomic E-state index is 0.0499. The number of nitrogens with zero attached hydrogens (tertiary/aromatic N) is 1. The fourth-order valence-electron chi connectivity index (χ4n) is 2.26. The number of hydrogen-bond donors (Lipinski definition) is 2. The lowest BCUT2D eigenvalue weighted by Crippen LogP contribution is -2.28. The van der Waals surface area contributed by atoms with Crippen molar-refractivity contribution in [1.29, 1.82) is 0 Å². The van der Waals surface area contributed by atoms with Gasteiger partial charge in [-0.05, 0) is 37.8 Å². The van der Waals surface area contributed by atoms with Gasteiger partial charge in [0.2, 0.25) is 5.82 Å². The van der Waals surface area contributed by atoms with Gasteiger partial charge in [0.05, 0.1) is 11.0 Å². The molecular formula is C12H15FN2O3. The highest BCUT2D eigenvalue weighted by Gasteiger charge is 2.24. The lowest BCUT2D eigenvalue weighted by atomic mass is 9.93. The molecular weight excluding hydrogens is 239 g/mol. The van der Waals surface area contributed by atoms with Crippen molar-refractivity contribution in [3.05, 3.63) is 34.1 Å². The van der Waals surface area contributed by atoms with Crippen LogP contribution in [-0.4, -0.2) is 22.2 Å². The number of rotatable bonds is 3. The monoisotopic (exact) mass is 254 g/mol. The third kappa shape index (κ3) is 2.76. The highest BCUT2D eigenvalue weighted by molar-refractivity contribution is 5.62. The molecule has 2 rings (SSSR count). The second-order valence-electron chi connectivity index (χ2n) is 4.54. The van der Waals surface area contributed by atoms with Gasteiger partial charge in [-0.15, -0.1) is 0 Å². The molecule has 6 heteroatoms. The van der Waals surface area contributed by atoms with Gasteiger partial charge in [-0.3, -0.25) is 10.1 Å². The van der Waals surface area contributed by atoms with Gasteiger partial charge in [-0.25, -0.2) is 0 Å². The SMILES string of the molecule is O=[N+]([O-])c1c(F)cccc1NC1CCC(O)CC1. The minimum atomic E-state index is -0.833. The number of benzene rings is 1. The molecule has 1 aliphatic rings. The second-order valence-corrected chi connectivity index (χ2v) is 4.54. The molecule has 98 valence electrons. The Morgan fingerprint density at radius 1 is 1.33 bits per heavy atom. The highest BCUT2D eigenvalue weighted by atomic mass is 19.1. The van der Waals surface area contributed by atoms with E-state index in [0.717, 1.165) is 18.9 Å². The Morgan fingerprint density at radius 3 is 2.61 bits per heavy atom. The molecule has 1 aromatic carbocycles. The fourth-order valence-corrected chi connectivity index (χ4v) is 2.26. The second kappa shape index (κ2) is 5.30. The molecule has 0 aromatic heterocycles. The molecule has 2 N–H and O–H groups in total. The zero-order valence-corrected chi connectivity index (χ0v) is 9.80. The van der Waals surface area contributed by atoms with Crippen molar-refractivity contribution in [2.45, 2.75) is 37.8 Å². The fraction of sp³-hybridized carbons (Fsp3) is 0.500. The molecule has 0 radical (unpaired) electrons. The topological polar surface area (TPSA) is 75.4 Å². The van der Waals surface area contributed by atoms with Crippen molar-refractivity contribution in [2.24, 2.45) is 0 Å². The van der Waals surface area contributed by atoms with Crippen LogP contribution in [-0.2, 0) is 0 Å². The minimum Gasteiger partial charge on any atom is -0.393 e. The summed E-state index contributed by atoms with van der Waals surface area (Å²) in [6.45, 7) is 0. The Hall–Kier alpha value is -1.69. The summed E-state index contributed by atoms with van der Waals surface area (Å²) in [6, 6.07) is 4.08. The lowest BCUT2D eigenvalue weighted by Gasteiger charge is -2.26. The average molecular weight is 254 g/mol. The number of nitrogens with one attached hydrogen (secondary N) is 1. The maximum atomic E-state index is 13.4. The summed E-state index contributed by atoms with van der Waals surface area (Å²) in [6.07, 6.45) is 2.51. The van der Waals surface area contributed by atoms with E-state index in [-0.39, 0.29) is 17.8 Å². The van der Waals surface area contributed by atoms with Gasteiger partial charge < -0.3 is 10.4 Å². The Morgan fingerprint density at radius 2 is 2.00 bits per heavy atom. The molecule has 0 aliphatic heterocycles. The zero-order chi connectivity index (χ0) is 13.1. The van der Waals surface area contributed by atoms with Gasteiger partial charge in [0.25, 0.3) is 0 Å². The molecule has 1 saturated carbocycles. The van der Waals surface area contributed by atoms with Gasteiger partial charge in [0.15, 0.2) is 0 Å². The first-order chi connectivity index (χ1) is 8.58. The summed E-state index contributed by atoms with van der Waals surface area (Å²) < 4.78 is 13.4. The van der Waals surface area contributed by atoms with E-state index in [1.165, 1.54) is 12.1 Å². The zero-order valence-electron chi connectivity index (χ0n) is 9.80. The van der Waals surface area contributed by atoms with Crippen molar-refractivity contribution in [3.8, 4) is 0 Å². The number of nitro groups is 1. The Kier molecular flexibility index (Phi) is 3.76. The Bertz CT molecular complexity index is 445. The third-order valence-corrected chi connectivity index (χ3v) is 3.23. The molecule has 1 aromatic rings. The number of hydrogen-bond acceptors (Lipinski definition) is 4. The standard InChI is InChI=1S/C12H15FN2O3/c13-10-2-1-3-11(12(10)15(17)18)14-8-4-6-9(16)7-5-8/h1-3,8-9,14,16H,4-7H2. The van der Waals surface area contributed by atoms with E-state index in [4.69, 9.17) is 0 Å². The van der Waals surface area contributed by atoms with Crippen LogP contribution in [0.1, 0.15) is 25.7 Å². The van der Waals surface area contributed by atoms with E-state index in [2.05, 4.69) is 5.32 Å². The molecule has 0 unspecified atom stereocenters. The lowest BCUT2D eigenvalue weighted by molar-refractivity contribution is -0.386. The molecule has 0 spiro atoms. The Labute approximate surface area is 104 Å². The van der Waals surface area contributed by atoms with Crippen LogP contribution in [0.15, 0.2) is 18.2 Å². The van der Waals surface area contributed by atoms with E-state index in [1.54, 1.807) is 0 Å².